The molecule has 2 aromatic rings. The number of aromatic nitrogens is 1. The SMILES string of the molecule is C[C@H]1C[C@@H](CC(=O)[C@@H](C)N2CCN(C)CC2)CN(c2ccc(C#N)c3ncccc23)C1. The van der Waals surface area contributed by atoms with Crippen molar-refractivity contribution in [3.8, 4) is 6.07 Å². The molecule has 6 nitrogen and oxygen atoms in total. The molecule has 0 radical (unpaired) electrons. The van der Waals surface area contributed by atoms with Gasteiger partial charge in [0.05, 0.1) is 17.1 Å². The van der Waals surface area contributed by atoms with E-state index in [-0.39, 0.29) is 6.04 Å². The van der Waals surface area contributed by atoms with E-state index >= 15 is 0 Å². The summed E-state index contributed by atoms with van der Waals surface area (Å²) in [6, 6.07) is 10.2. The van der Waals surface area contributed by atoms with Crippen molar-refractivity contribution in [2.75, 3.05) is 51.2 Å². The van der Waals surface area contributed by atoms with Crippen LogP contribution in [0.15, 0.2) is 30.5 Å². The number of nitriles is 1. The van der Waals surface area contributed by atoms with Crippen LogP contribution in [0.3, 0.4) is 0 Å². The van der Waals surface area contributed by atoms with Crippen molar-refractivity contribution in [3.05, 3.63) is 36.0 Å². The normalized spacial score (nSPS) is 24.1. The van der Waals surface area contributed by atoms with Gasteiger partial charge in [0, 0.05) is 63.0 Å². The quantitative estimate of drug-likeness (QED) is 0.742. The molecular weight excluding hydrogens is 386 g/mol. The van der Waals surface area contributed by atoms with Gasteiger partial charge < -0.3 is 9.80 Å². The predicted octanol–water partition coefficient (Wildman–Crippen LogP) is 3.16. The van der Waals surface area contributed by atoms with Gasteiger partial charge in [-0.15, -0.1) is 0 Å². The number of carbonyl (C=O) groups is 1. The average molecular weight is 420 g/mol. The van der Waals surface area contributed by atoms with E-state index in [2.05, 4.69) is 46.6 Å². The van der Waals surface area contributed by atoms with E-state index in [1.807, 2.05) is 24.3 Å². The maximum absolute atomic E-state index is 13.1. The Morgan fingerprint density at radius 1 is 1.23 bits per heavy atom. The van der Waals surface area contributed by atoms with Crippen LogP contribution in [-0.4, -0.2) is 72.9 Å². The molecule has 1 aromatic heterocycles. The second-order valence-electron chi connectivity index (χ2n) is 9.44. The molecule has 0 spiro atoms. The smallest absolute Gasteiger partial charge is 0.150 e. The summed E-state index contributed by atoms with van der Waals surface area (Å²) in [5, 5.41) is 10.5. The van der Waals surface area contributed by atoms with E-state index in [4.69, 9.17) is 0 Å². The lowest BCUT2D eigenvalue weighted by Gasteiger charge is -2.40. The average Bonchev–Trinajstić information content (AvgIpc) is 2.78. The minimum atomic E-state index is -0.000625. The van der Waals surface area contributed by atoms with E-state index in [9.17, 15) is 10.1 Å². The summed E-state index contributed by atoms with van der Waals surface area (Å²) in [6.45, 7) is 10.2. The van der Waals surface area contributed by atoms with Crippen LogP contribution >= 0.6 is 0 Å². The van der Waals surface area contributed by atoms with Gasteiger partial charge in [0.15, 0.2) is 0 Å². The van der Waals surface area contributed by atoms with Gasteiger partial charge in [-0.1, -0.05) is 6.92 Å². The standard InChI is InChI=1S/C25H33N5O/c1-18-13-20(14-24(31)19(2)29-11-9-28(3)10-12-29)17-30(16-18)23-7-6-21(15-26)25-22(23)5-4-8-27-25/h4-8,18-20H,9-14,16-17H2,1-3H3/t18-,19+,20-/m0/s1. The summed E-state index contributed by atoms with van der Waals surface area (Å²) < 4.78 is 0. The molecule has 2 aliphatic heterocycles. The van der Waals surface area contributed by atoms with Crippen LogP contribution in [0.2, 0.25) is 0 Å². The van der Waals surface area contributed by atoms with Crippen molar-refractivity contribution in [3.63, 3.8) is 0 Å². The zero-order chi connectivity index (χ0) is 22.0. The first-order valence-corrected chi connectivity index (χ1v) is 11.4. The second kappa shape index (κ2) is 9.33. The van der Waals surface area contributed by atoms with Gasteiger partial charge in [-0.25, -0.2) is 0 Å². The van der Waals surface area contributed by atoms with Crippen molar-refractivity contribution < 1.29 is 4.79 Å². The molecular formula is C25H33N5O. The number of hydrogen-bond acceptors (Lipinski definition) is 6. The Kier molecular flexibility index (Phi) is 6.54. The lowest BCUT2D eigenvalue weighted by Crippen LogP contribution is -2.51. The molecule has 2 fully saturated rings. The Labute approximate surface area is 185 Å². The topological polar surface area (TPSA) is 63.5 Å². The van der Waals surface area contributed by atoms with Gasteiger partial charge in [-0.3, -0.25) is 14.7 Å². The molecule has 3 heterocycles. The highest BCUT2D eigenvalue weighted by atomic mass is 16.1. The molecule has 4 rings (SSSR count). The van der Waals surface area contributed by atoms with Crippen LogP contribution in [-0.2, 0) is 4.79 Å². The first kappa shape index (κ1) is 21.7. The third-order valence-electron chi connectivity index (χ3n) is 7.00. The van der Waals surface area contributed by atoms with Crippen molar-refractivity contribution in [1.29, 1.82) is 5.26 Å². The first-order valence-electron chi connectivity index (χ1n) is 11.4. The second-order valence-corrected chi connectivity index (χ2v) is 9.44. The van der Waals surface area contributed by atoms with Crippen molar-refractivity contribution in [2.45, 2.75) is 32.7 Å². The number of carbonyl (C=O) groups excluding carboxylic acids is 1. The van der Waals surface area contributed by atoms with E-state index in [0.29, 0.717) is 29.6 Å². The third kappa shape index (κ3) is 4.73. The molecule has 164 valence electrons. The number of likely N-dealkylation sites (N-methyl/N-ethyl adjacent to an activating group) is 1. The van der Waals surface area contributed by atoms with Crippen LogP contribution in [0.1, 0.15) is 32.3 Å². The fraction of sp³-hybridized carbons (Fsp3) is 0.560. The number of benzene rings is 1. The fourth-order valence-corrected chi connectivity index (χ4v) is 5.22. The number of piperidine rings is 1. The number of piperazine rings is 1. The van der Waals surface area contributed by atoms with Gasteiger partial charge in [0.2, 0.25) is 0 Å². The van der Waals surface area contributed by atoms with Crippen molar-refractivity contribution >= 4 is 22.4 Å². The minimum Gasteiger partial charge on any atom is -0.370 e. The first-order chi connectivity index (χ1) is 15.0. The number of rotatable bonds is 5. The van der Waals surface area contributed by atoms with Crippen LogP contribution in [0.25, 0.3) is 10.9 Å². The molecule has 3 atom stereocenters. The molecule has 0 unspecified atom stereocenters. The van der Waals surface area contributed by atoms with Crippen LogP contribution in [0.4, 0.5) is 5.69 Å². The highest BCUT2D eigenvalue weighted by Crippen LogP contribution is 2.34. The predicted molar refractivity (Wildman–Crippen MR) is 124 cm³/mol. The van der Waals surface area contributed by atoms with E-state index < -0.39 is 0 Å². The number of fused-ring (bicyclic) bond motifs is 1. The fourth-order valence-electron chi connectivity index (χ4n) is 5.22. The highest BCUT2D eigenvalue weighted by Gasteiger charge is 2.31. The minimum absolute atomic E-state index is 0.000625. The Morgan fingerprint density at radius 2 is 2.00 bits per heavy atom. The van der Waals surface area contributed by atoms with Crippen LogP contribution in [0.5, 0.6) is 0 Å². The number of anilines is 1. The lowest BCUT2D eigenvalue weighted by atomic mass is 9.85. The summed E-state index contributed by atoms with van der Waals surface area (Å²) >= 11 is 0. The van der Waals surface area contributed by atoms with E-state index in [1.165, 1.54) is 0 Å². The number of ketones is 1. The van der Waals surface area contributed by atoms with E-state index in [1.54, 1.807) is 6.20 Å². The monoisotopic (exact) mass is 419 g/mol. The maximum atomic E-state index is 13.1. The van der Waals surface area contributed by atoms with Crippen LogP contribution < -0.4 is 4.90 Å². The molecule has 0 aliphatic carbocycles. The molecule has 0 N–H and O–H groups in total. The highest BCUT2D eigenvalue weighted by molar-refractivity contribution is 5.95. The summed E-state index contributed by atoms with van der Waals surface area (Å²) in [7, 11) is 2.14. The van der Waals surface area contributed by atoms with Crippen molar-refractivity contribution in [2.24, 2.45) is 11.8 Å². The maximum Gasteiger partial charge on any atom is 0.150 e. The molecule has 31 heavy (non-hydrogen) atoms. The number of nitrogens with zero attached hydrogens (tertiary/aromatic N) is 5. The Bertz CT molecular complexity index is 976. The third-order valence-corrected chi connectivity index (χ3v) is 7.00. The number of pyridine rings is 1. The van der Waals surface area contributed by atoms with Gasteiger partial charge in [0.25, 0.3) is 0 Å². The molecule has 0 bridgehead atoms. The van der Waals surface area contributed by atoms with E-state index in [0.717, 1.165) is 62.3 Å². The van der Waals surface area contributed by atoms with Gasteiger partial charge in [-0.2, -0.15) is 5.26 Å². The zero-order valence-corrected chi connectivity index (χ0v) is 18.9. The summed E-state index contributed by atoms with van der Waals surface area (Å²) in [6.07, 6.45) is 3.47. The summed E-state index contributed by atoms with van der Waals surface area (Å²) in [5.41, 5.74) is 2.49. The van der Waals surface area contributed by atoms with Gasteiger partial charge in [-0.05, 0) is 56.5 Å². The number of hydrogen-bond donors (Lipinski definition) is 0. The zero-order valence-electron chi connectivity index (χ0n) is 18.9. The van der Waals surface area contributed by atoms with Crippen molar-refractivity contribution in [1.82, 2.24) is 14.8 Å². The summed E-state index contributed by atoms with van der Waals surface area (Å²) in [5.74, 6) is 1.25. The molecule has 1 aromatic carbocycles. The van der Waals surface area contributed by atoms with Crippen LogP contribution in [0, 0.1) is 23.2 Å². The molecule has 2 saturated heterocycles. The Hall–Kier alpha value is -2.49. The van der Waals surface area contributed by atoms with Gasteiger partial charge >= 0.3 is 0 Å². The molecule has 6 heteroatoms. The Morgan fingerprint density at radius 3 is 2.74 bits per heavy atom. The lowest BCUT2D eigenvalue weighted by molar-refractivity contribution is -0.125. The largest absolute Gasteiger partial charge is 0.370 e. The summed E-state index contributed by atoms with van der Waals surface area (Å²) in [4.78, 5) is 24.6. The molecule has 0 amide bonds. The van der Waals surface area contributed by atoms with Gasteiger partial charge in [0.1, 0.15) is 11.9 Å². The molecule has 0 saturated carbocycles. The number of Topliss-reactive ketones (excluding diaryl/α,β-unsaturated/α-hetero) is 1. The Balaban J connectivity index is 1.48. The molecule has 2 aliphatic rings.